The minimum absolute atomic E-state index is 0.207. The van der Waals surface area contributed by atoms with Gasteiger partial charge >= 0.3 is 11.9 Å². The molecular formula is C16H19F2NO5. The molecule has 0 aliphatic rings. The molecule has 1 rings (SSSR count). The average Bonchev–Trinajstić information content (AvgIpc) is 2.56. The Morgan fingerprint density at radius 1 is 1.21 bits per heavy atom. The number of rotatable bonds is 7. The number of methoxy groups -OCH3 is 1. The largest absolute Gasteiger partial charge is 0.467 e. The van der Waals surface area contributed by atoms with Gasteiger partial charge in [0, 0.05) is 0 Å². The van der Waals surface area contributed by atoms with Gasteiger partial charge in [0.25, 0.3) is 5.91 Å². The van der Waals surface area contributed by atoms with E-state index >= 15 is 0 Å². The number of amides is 1. The van der Waals surface area contributed by atoms with Crippen LogP contribution >= 0.6 is 0 Å². The van der Waals surface area contributed by atoms with Gasteiger partial charge in [0.15, 0.2) is 6.61 Å². The number of benzene rings is 1. The number of halogens is 2. The van der Waals surface area contributed by atoms with Gasteiger partial charge in [-0.2, -0.15) is 0 Å². The fourth-order valence-electron chi connectivity index (χ4n) is 1.91. The third-order valence-corrected chi connectivity index (χ3v) is 3.49. The lowest BCUT2D eigenvalue weighted by molar-refractivity contribution is -0.147. The molecule has 0 spiro atoms. The van der Waals surface area contributed by atoms with Crippen LogP contribution in [0.4, 0.5) is 8.78 Å². The Bertz CT molecular complexity index is 600. The van der Waals surface area contributed by atoms with E-state index in [1.165, 1.54) is 7.11 Å². The maximum atomic E-state index is 13.4. The maximum absolute atomic E-state index is 13.4. The molecule has 0 fully saturated rings. The Morgan fingerprint density at radius 2 is 1.79 bits per heavy atom. The molecule has 6 nitrogen and oxygen atoms in total. The zero-order valence-electron chi connectivity index (χ0n) is 13.6. The van der Waals surface area contributed by atoms with E-state index in [2.05, 4.69) is 14.8 Å². The van der Waals surface area contributed by atoms with Crippen LogP contribution in [0.2, 0.25) is 0 Å². The first-order valence-electron chi connectivity index (χ1n) is 7.30. The van der Waals surface area contributed by atoms with Crippen LogP contribution in [0.5, 0.6) is 0 Å². The molecule has 1 N–H and O–H groups in total. The van der Waals surface area contributed by atoms with Gasteiger partial charge in [-0.05, 0) is 18.1 Å². The van der Waals surface area contributed by atoms with Gasteiger partial charge in [0.1, 0.15) is 23.2 Å². The highest BCUT2D eigenvalue weighted by molar-refractivity contribution is 5.92. The zero-order chi connectivity index (χ0) is 18.3. The van der Waals surface area contributed by atoms with Crippen molar-refractivity contribution in [3.05, 3.63) is 35.4 Å². The third kappa shape index (κ3) is 5.00. The lowest BCUT2D eigenvalue weighted by Crippen LogP contribution is -2.47. The van der Waals surface area contributed by atoms with Crippen molar-refractivity contribution in [1.82, 2.24) is 5.32 Å². The molecule has 0 radical (unpaired) electrons. The quantitative estimate of drug-likeness (QED) is 0.764. The normalized spacial score (nSPS) is 12.9. The molecule has 1 amide bonds. The SMILES string of the molecule is CCC(C)C(NC(=O)COC(=O)c1c(F)cccc1F)C(=O)OC. The Kier molecular flexibility index (Phi) is 7.29. The van der Waals surface area contributed by atoms with Crippen LogP contribution in [-0.4, -0.2) is 37.6 Å². The van der Waals surface area contributed by atoms with Gasteiger partial charge in [-0.1, -0.05) is 26.3 Å². The van der Waals surface area contributed by atoms with E-state index in [0.29, 0.717) is 6.42 Å². The van der Waals surface area contributed by atoms with Gasteiger partial charge in [-0.3, -0.25) is 4.79 Å². The second-order valence-electron chi connectivity index (χ2n) is 5.13. The van der Waals surface area contributed by atoms with E-state index in [1.54, 1.807) is 6.92 Å². The molecule has 2 atom stereocenters. The highest BCUT2D eigenvalue weighted by Gasteiger charge is 2.27. The van der Waals surface area contributed by atoms with Crippen molar-refractivity contribution in [3.63, 3.8) is 0 Å². The molecule has 8 heteroatoms. The first-order valence-corrected chi connectivity index (χ1v) is 7.30. The predicted molar refractivity (Wildman–Crippen MR) is 80.0 cm³/mol. The summed E-state index contributed by atoms with van der Waals surface area (Å²) in [4.78, 5) is 35.2. The summed E-state index contributed by atoms with van der Waals surface area (Å²) in [5.74, 6) is -5.11. The van der Waals surface area contributed by atoms with E-state index in [9.17, 15) is 23.2 Å². The molecule has 1 aromatic carbocycles. The van der Waals surface area contributed by atoms with Crippen LogP contribution < -0.4 is 5.32 Å². The van der Waals surface area contributed by atoms with E-state index in [0.717, 1.165) is 18.2 Å². The third-order valence-electron chi connectivity index (χ3n) is 3.49. The van der Waals surface area contributed by atoms with Crippen LogP contribution in [0, 0.1) is 17.6 Å². The lowest BCUT2D eigenvalue weighted by Gasteiger charge is -2.21. The minimum atomic E-state index is -1.31. The van der Waals surface area contributed by atoms with Gasteiger partial charge in [-0.15, -0.1) is 0 Å². The molecule has 0 bridgehead atoms. The van der Waals surface area contributed by atoms with Crippen LogP contribution in [-0.2, 0) is 19.1 Å². The number of esters is 2. The predicted octanol–water partition coefficient (Wildman–Crippen LogP) is 1.83. The van der Waals surface area contributed by atoms with Crippen molar-refractivity contribution < 1.29 is 32.6 Å². The smallest absolute Gasteiger partial charge is 0.344 e. The van der Waals surface area contributed by atoms with Crippen molar-refractivity contribution in [3.8, 4) is 0 Å². The maximum Gasteiger partial charge on any atom is 0.344 e. The zero-order valence-corrected chi connectivity index (χ0v) is 13.6. The Morgan fingerprint density at radius 3 is 2.29 bits per heavy atom. The molecule has 0 aliphatic carbocycles. The van der Waals surface area contributed by atoms with Crippen LogP contribution in [0.3, 0.4) is 0 Å². The average molecular weight is 343 g/mol. The lowest BCUT2D eigenvalue weighted by atomic mass is 9.99. The summed E-state index contributed by atoms with van der Waals surface area (Å²) >= 11 is 0. The molecule has 1 aromatic rings. The Balaban J connectivity index is 2.68. The number of ether oxygens (including phenoxy) is 2. The first-order chi connectivity index (χ1) is 11.3. The summed E-state index contributed by atoms with van der Waals surface area (Å²) < 4.78 is 36.1. The van der Waals surface area contributed by atoms with Gasteiger partial charge in [-0.25, -0.2) is 18.4 Å². The molecule has 0 aromatic heterocycles. The van der Waals surface area contributed by atoms with Crippen molar-refractivity contribution in [1.29, 1.82) is 0 Å². The molecule has 0 heterocycles. The van der Waals surface area contributed by atoms with Gasteiger partial charge in [0.05, 0.1) is 7.11 Å². The topological polar surface area (TPSA) is 81.7 Å². The first kappa shape index (κ1) is 19.5. The number of carbonyl (C=O) groups is 3. The van der Waals surface area contributed by atoms with E-state index in [4.69, 9.17) is 0 Å². The van der Waals surface area contributed by atoms with Crippen molar-refractivity contribution in [2.45, 2.75) is 26.3 Å². The van der Waals surface area contributed by atoms with Gasteiger partial charge in [0.2, 0.25) is 0 Å². The molecule has 0 saturated heterocycles. The van der Waals surface area contributed by atoms with Gasteiger partial charge < -0.3 is 14.8 Å². The highest BCUT2D eigenvalue weighted by atomic mass is 19.1. The summed E-state index contributed by atoms with van der Waals surface area (Å²) in [5.41, 5.74) is -0.878. The summed E-state index contributed by atoms with van der Waals surface area (Å²) in [6.45, 7) is 2.78. The molecule has 0 saturated carbocycles. The number of hydrogen-bond donors (Lipinski definition) is 1. The van der Waals surface area contributed by atoms with Crippen LogP contribution in [0.25, 0.3) is 0 Å². The second-order valence-corrected chi connectivity index (χ2v) is 5.13. The number of hydrogen-bond acceptors (Lipinski definition) is 5. The Hall–Kier alpha value is -2.51. The van der Waals surface area contributed by atoms with Crippen molar-refractivity contribution in [2.75, 3.05) is 13.7 Å². The fourth-order valence-corrected chi connectivity index (χ4v) is 1.91. The molecule has 0 aliphatic heterocycles. The second kappa shape index (κ2) is 8.95. The van der Waals surface area contributed by atoms with E-state index < -0.39 is 47.7 Å². The summed E-state index contributed by atoms with van der Waals surface area (Å²) in [6, 6.07) is 1.99. The molecule has 2 unspecified atom stereocenters. The number of carbonyl (C=O) groups excluding carboxylic acids is 3. The van der Waals surface area contributed by atoms with Crippen LogP contribution in [0.15, 0.2) is 18.2 Å². The summed E-state index contributed by atoms with van der Waals surface area (Å²) in [6.07, 6.45) is 0.597. The summed E-state index contributed by atoms with van der Waals surface area (Å²) in [5, 5.41) is 2.38. The standard InChI is InChI=1S/C16H19F2NO5/c1-4-9(2)14(16(22)23-3)19-12(20)8-24-15(21)13-10(17)6-5-7-11(13)18/h5-7,9,14H,4,8H2,1-3H3,(H,19,20). The number of nitrogens with one attached hydrogen (secondary N) is 1. The minimum Gasteiger partial charge on any atom is -0.467 e. The monoisotopic (exact) mass is 343 g/mol. The van der Waals surface area contributed by atoms with Crippen molar-refractivity contribution in [2.24, 2.45) is 5.92 Å². The molecular weight excluding hydrogens is 324 g/mol. The highest BCUT2D eigenvalue weighted by Crippen LogP contribution is 2.13. The fraction of sp³-hybridized carbons (Fsp3) is 0.438. The summed E-state index contributed by atoms with van der Waals surface area (Å²) in [7, 11) is 1.19. The Labute approximate surface area is 138 Å². The molecule has 24 heavy (non-hydrogen) atoms. The van der Waals surface area contributed by atoms with Crippen LogP contribution in [0.1, 0.15) is 30.6 Å². The molecule has 132 valence electrons. The van der Waals surface area contributed by atoms with E-state index in [-0.39, 0.29) is 5.92 Å². The van der Waals surface area contributed by atoms with Crippen molar-refractivity contribution >= 4 is 17.8 Å². The van der Waals surface area contributed by atoms with E-state index in [1.807, 2.05) is 6.92 Å².